The van der Waals surface area contributed by atoms with Crippen molar-refractivity contribution in [2.24, 2.45) is 4.99 Å². The molecule has 1 aromatic heterocycles. The molecule has 0 unspecified atom stereocenters. The molecule has 29 heavy (non-hydrogen) atoms. The molecule has 4 rings (SSSR count). The molecule has 2 aromatic carbocycles. The van der Waals surface area contributed by atoms with Gasteiger partial charge in [0.15, 0.2) is 5.17 Å². The lowest BCUT2D eigenvalue weighted by Crippen LogP contribution is -2.19. The van der Waals surface area contributed by atoms with Gasteiger partial charge in [0.05, 0.1) is 22.7 Å². The van der Waals surface area contributed by atoms with Crippen LogP contribution in [0.15, 0.2) is 64.8 Å². The predicted octanol–water partition coefficient (Wildman–Crippen LogP) is 2.18. The number of carboxylic acids is 1. The number of nitrogens with one attached hydrogen (secondary N) is 1. The van der Waals surface area contributed by atoms with Crippen molar-refractivity contribution in [2.45, 2.75) is 6.42 Å². The van der Waals surface area contributed by atoms with Crippen LogP contribution in [0, 0.1) is 0 Å². The first-order valence-corrected chi connectivity index (χ1v) is 9.32. The van der Waals surface area contributed by atoms with Crippen LogP contribution < -0.4 is 5.32 Å². The summed E-state index contributed by atoms with van der Waals surface area (Å²) in [5.74, 6) is -1.12. The van der Waals surface area contributed by atoms with E-state index in [0.717, 1.165) is 11.3 Å². The van der Waals surface area contributed by atoms with E-state index >= 15 is 0 Å². The monoisotopic (exact) mass is 406 g/mol. The molecule has 144 valence electrons. The molecule has 1 aliphatic rings. The van der Waals surface area contributed by atoms with E-state index in [1.165, 1.54) is 22.8 Å². The molecule has 2 N–H and O–H groups in total. The largest absolute Gasteiger partial charge is 0.481 e. The number of hydrogen-bond donors (Lipinski definition) is 2. The fraction of sp³-hybridized carbons (Fsp3) is 0.0526. The van der Waals surface area contributed by atoms with Crippen molar-refractivity contribution in [1.29, 1.82) is 0 Å². The van der Waals surface area contributed by atoms with Crippen LogP contribution in [-0.2, 0) is 16.0 Å². The third-order valence-electron chi connectivity index (χ3n) is 3.95. The molecule has 10 heteroatoms. The molecule has 0 atom stereocenters. The summed E-state index contributed by atoms with van der Waals surface area (Å²) < 4.78 is 1.53. The number of amides is 1. The van der Waals surface area contributed by atoms with Gasteiger partial charge in [0, 0.05) is 0 Å². The molecule has 1 aliphatic heterocycles. The third-order valence-corrected chi connectivity index (χ3v) is 4.86. The topological polar surface area (TPSA) is 122 Å². The number of benzene rings is 2. The summed E-state index contributed by atoms with van der Waals surface area (Å²) >= 11 is 1.24. The average Bonchev–Trinajstić information content (AvgIpc) is 3.34. The van der Waals surface area contributed by atoms with Crippen LogP contribution in [0.25, 0.3) is 11.8 Å². The summed E-state index contributed by atoms with van der Waals surface area (Å²) in [7, 11) is 0. The molecule has 1 fully saturated rings. The van der Waals surface area contributed by atoms with Gasteiger partial charge < -0.3 is 10.4 Å². The molecule has 9 nitrogen and oxygen atoms in total. The van der Waals surface area contributed by atoms with Crippen LogP contribution in [0.1, 0.15) is 11.1 Å². The van der Waals surface area contributed by atoms with Gasteiger partial charge in [0.1, 0.15) is 6.33 Å². The van der Waals surface area contributed by atoms with Gasteiger partial charge in [0.2, 0.25) is 0 Å². The zero-order valence-corrected chi connectivity index (χ0v) is 15.7. The van der Waals surface area contributed by atoms with Crippen LogP contribution in [0.2, 0.25) is 0 Å². The maximum Gasteiger partial charge on any atom is 0.307 e. The fourth-order valence-corrected chi connectivity index (χ4v) is 3.49. The molecule has 1 amide bonds. The van der Waals surface area contributed by atoms with Crippen molar-refractivity contribution in [3.05, 3.63) is 70.9 Å². The second-order valence-corrected chi connectivity index (χ2v) is 7.10. The number of carboxylic acid groups (broad SMARTS) is 1. The molecular weight excluding hydrogens is 392 g/mol. The third kappa shape index (κ3) is 4.55. The second kappa shape index (κ2) is 8.07. The van der Waals surface area contributed by atoms with Crippen LogP contribution in [0.3, 0.4) is 0 Å². The lowest BCUT2D eigenvalue weighted by molar-refractivity contribution is -0.136. The number of aromatic nitrogens is 4. The highest BCUT2D eigenvalue weighted by atomic mass is 32.2. The van der Waals surface area contributed by atoms with E-state index in [1.807, 2.05) is 24.3 Å². The Hall–Kier alpha value is -3.79. The number of rotatable bonds is 5. The Bertz CT molecular complexity index is 1120. The molecule has 0 spiro atoms. The molecule has 2 heterocycles. The van der Waals surface area contributed by atoms with Crippen molar-refractivity contribution < 1.29 is 14.7 Å². The first-order chi connectivity index (χ1) is 14.1. The minimum absolute atomic E-state index is 0.0427. The lowest BCUT2D eigenvalue weighted by Gasteiger charge is -2.01. The Morgan fingerprint density at radius 1 is 1.24 bits per heavy atom. The number of thioether (sulfide) groups is 1. The summed E-state index contributed by atoms with van der Waals surface area (Å²) in [4.78, 5) is 28.0. The normalized spacial score (nSPS) is 16.3. The van der Waals surface area contributed by atoms with Crippen LogP contribution in [0.4, 0.5) is 5.69 Å². The molecule has 3 aromatic rings. The van der Waals surface area contributed by atoms with Gasteiger partial charge in [-0.15, -0.1) is 5.10 Å². The van der Waals surface area contributed by atoms with Gasteiger partial charge in [-0.3, -0.25) is 9.59 Å². The number of carbonyl (C=O) groups is 2. The number of tetrazole rings is 1. The minimum atomic E-state index is -0.887. The number of amidine groups is 1. The van der Waals surface area contributed by atoms with E-state index in [1.54, 1.807) is 30.3 Å². The smallest absolute Gasteiger partial charge is 0.307 e. The summed E-state index contributed by atoms with van der Waals surface area (Å²) in [6.45, 7) is 0. The first kappa shape index (κ1) is 18.6. The highest BCUT2D eigenvalue weighted by Crippen LogP contribution is 2.28. The lowest BCUT2D eigenvalue weighted by atomic mass is 10.1. The Morgan fingerprint density at radius 3 is 2.79 bits per heavy atom. The predicted molar refractivity (Wildman–Crippen MR) is 108 cm³/mol. The number of aliphatic imine (C=N–C) groups is 1. The Morgan fingerprint density at radius 2 is 2.07 bits per heavy atom. The number of hydrogen-bond acceptors (Lipinski definition) is 7. The van der Waals surface area contributed by atoms with E-state index in [4.69, 9.17) is 5.11 Å². The van der Waals surface area contributed by atoms with Gasteiger partial charge in [-0.1, -0.05) is 24.3 Å². The fourth-order valence-electron chi connectivity index (χ4n) is 2.65. The maximum absolute atomic E-state index is 12.3. The van der Waals surface area contributed by atoms with Crippen molar-refractivity contribution in [1.82, 2.24) is 25.5 Å². The van der Waals surface area contributed by atoms with Crippen LogP contribution in [0.5, 0.6) is 0 Å². The highest BCUT2D eigenvalue weighted by Gasteiger charge is 2.23. The summed E-state index contributed by atoms with van der Waals surface area (Å²) in [6.07, 6.45) is 3.22. The van der Waals surface area contributed by atoms with Crippen molar-refractivity contribution in [3.63, 3.8) is 0 Å². The Labute approximate surface area is 169 Å². The molecule has 0 radical (unpaired) electrons. The van der Waals surface area contributed by atoms with E-state index in [0.29, 0.717) is 21.3 Å². The van der Waals surface area contributed by atoms with Gasteiger partial charge in [0.25, 0.3) is 5.91 Å². The maximum atomic E-state index is 12.3. The summed E-state index contributed by atoms with van der Waals surface area (Å²) in [5, 5.41) is 23.1. The summed E-state index contributed by atoms with van der Waals surface area (Å²) in [6, 6.07) is 14.3. The zero-order valence-electron chi connectivity index (χ0n) is 14.9. The standard InChI is InChI=1S/C19H14N6O3S/c26-17(27)10-12-4-6-14(7-5-12)21-19-22-18(28)16(29-19)9-13-2-1-3-15(8-13)25-11-20-23-24-25/h1-9,11H,10H2,(H,26,27)(H,21,22,28). The molecule has 1 saturated heterocycles. The van der Waals surface area contributed by atoms with Crippen molar-refractivity contribution in [3.8, 4) is 5.69 Å². The molecule has 0 saturated carbocycles. The zero-order chi connectivity index (χ0) is 20.2. The van der Waals surface area contributed by atoms with E-state index < -0.39 is 5.97 Å². The first-order valence-electron chi connectivity index (χ1n) is 8.50. The average molecular weight is 406 g/mol. The molecule has 0 aliphatic carbocycles. The molecular formula is C19H14N6O3S. The summed E-state index contributed by atoms with van der Waals surface area (Å²) in [5.41, 5.74) is 2.93. The second-order valence-electron chi connectivity index (χ2n) is 6.07. The van der Waals surface area contributed by atoms with Gasteiger partial charge in [-0.2, -0.15) is 0 Å². The van der Waals surface area contributed by atoms with Gasteiger partial charge >= 0.3 is 5.97 Å². The minimum Gasteiger partial charge on any atom is -0.481 e. The Kier molecular flexibility index (Phi) is 5.16. The quantitative estimate of drug-likeness (QED) is 0.623. The number of carbonyl (C=O) groups excluding carboxylic acids is 1. The van der Waals surface area contributed by atoms with Gasteiger partial charge in [-0.25, -0.2) is 9.67 Å². The highest BCUT2D eigenvalue weighted by molar-refractivity contribution is 8.18. The number of aliphatic carboxylic acids is 1. The van der Waals surface area contributed by atoms with Gasteiger partial charge in [-0.05, 0) is 63.7 Å². The van der Waals surface area contributed by atoms with E-state index in [-0.39, 0.29) is 12.3 Å². The van der Waals surface area contributed by atoms with E-state index in [9.17, 15) is 9.59 Å². The van der Waals surface area contributed by atoms with Crippen molar-refractivity contribution in [2.75, 3.05) is 0 Å². The Balaban J connectivity index is 1.51. The van der Waals surface area contributed by atoms with Crippen LogP contribution >= 0.6 is 11.8 Å². The van der Waals surface area contributed by atoms with Crippen LogP contribution in [-0.4, -0.2) is 42.4 Å². The SMILES string of the molecule is O=C(O)Cc1ccc(N=C2NC(=O)C(=Cc3cccc(-n4cnnn4)c3)S2)cc1. The number of nitrogens with zero attached hydrogens (tertiary/aromatic N) is 5. The molecule has 0 bridgehead atoms. The van der Waals surface area contributed by atoms with Crippen molar-refractivity contribution >= 4 is 40.6 Å². The van der Waals surface area contributed by atoms with E-state index in [2.05, 4.69) is 25.8 Å².